The fourth-order valence-electron chi connectivity index (χ4n) is 4.07. The lowest BCUT2D eigenvalue weighted by atomic mass is 9.87. The molecule has 2 amide bonds. The van der Waals surface area contributed by atoms with Gasteiger partial charge in [-0.15, -0.1) is 0 Å². The number of aryl methyl sites for hydroxylation is 1. The van der Waals surface area contributed by atoms with Crippen molar-refractivity contribution in [2.45, 2.75) is 64.8 Å². The number of carbonyl (C=O) groups excluding carboxylic acids is 2. The standard InChI is InChI=1S/C19H30N4O3/c1-3-17-20-16(21-26-17)13-22(2)19(25)15-9-10-18(24)23(12-15)11-14-7-5-4-6-8-14/h14-15H,3-13H2,1-2H3/t15-/m0/s1. The van der Waals surface area contributed by atoms with E-state index in [0.29, 0.717) is 50.0 Å². The zero-order chi connectivity index (χ0) is 18.5. The minimum Gasteiger partial charge on any atom is -0.342 e. The van der Waals surface area contributed by atoms with Gasteiger partial charge in [0.15, 0.2) is 5.82 Å². The van der Waals surface area contributed by atoms with Gasteiger partial charge >= 0.3 is 0 Å². The summed E-state index contributed by atoms with van der Waals surface area (Å²) in [5, 5.41) is 3.91. The summed E-state index contributed by atoms with van der Waals surface area (Å²) in [5.74, 6) is 1.86. The van der Waals surface area contributed by atoms with Crippen LogP contribution in [-0.4, -0.2) is 51.9 Å². The molecule has 0 spiro atoms. The number of carbonyl (C=O) groups is 2. The van der Waals surface area contributed by atoms with Gasteiger partial charge in [0.2, 0.25) is 17.7 Å². The van der Waals surface area contributed by atoms with Crippen LogP contribution >= 0.6 is 0 Å². The van der Waals surface area contributed by atoms with Crippen molar-refractivity contribution >= 4 is 11.8 Å². The van der Waals surface area contributed by atoms with Gasteiger partial charge in [-0.05, 0) is 25.2 Å². The lowest BCUT2D eigenvalue weighted by molar-refractivity contribution is -0.143. The van der Waals surface area contributed by atoms with Gasteiger partial charge in [-0.3, -0.25) is 9.59 Å². The zero-order valence-electron chi connectivity index (χ0n) is 15.9. The van der Waals surface area contributed by atoms with Gasteiger partial charge < -0.3 is 14.3 Å². The largest absolute Gasteiger partial charge is 0.342 e. The van der Waals surface area contributed by atoms with E-state index in [1.807, 2.05) is 11.8 Å². The lowest BCUT2D eigenvalue weighted by Gasteiger charge is -2.36. The van der Waals surface area contributed by atoms with Crippen LogP contribution in [0.1, 0.15) is 63.6 Å². The summed E-state index contributed by atoms with van der Waals surface area (Å²) >= 11 is 0. The molecule has 0 aromatic carbocycles. The van der Waals surface area contributed by atoms with E-state index in [-0.39, 0.29) is 17.7 Å². The third-order valence-electron chi connectivity index (χ3n) is 5.62. The predicted octanol–water partition coefficient (Wildman–Crippen LogP) is 2.41. The molecule has 0 N–H and O–H groups in total. The monoisotopic (exact) mass is 362 g/mol. The van der Waals surface area contributed by atoms with E-state index in [1.54, 1.807) is 11.9 Å². The maximum atomic E-state index is 12.8. The van der Waals surface area contributed by atoms with Crippen molar-refractivity contribution in [3.8, 4) is 0 Å². The van der Waals surface area contributed by atoms with Crippen molar-refractivity contribution in [3.05, 3.63) is 11.7 Å². The highest BCUT2D eigenvalue weighted by Gasteiger charge is 2.33. The molecule has 1 aromatic rings. The molecule has 7 nitrogen and oxygen atoms in total. The van der Waals surface area contributed by atoms with Crippen molar-refractivity contribution in [2.75, 3.05) is 20.1 Å². The first-order valence-electron chi connectivity index (χ1n) is 9.91. The number of piperidine rings is 1. The van der Waals surface area contributed by atoms with Crippen LogP contribution in [0.2, 0.25) is 0 Å². The summed E-state index contributed by atoms with van der Waals surface area (Å²) in [6.07, 6.45) is 8.05. The third kappa shape index (κ3) is 4.62. The maximum absolute atomic E-state index is 12.8. The Balaban J connectivity index is 1.55. The second kappa shape index (κ2) is 8.64. The van der Waals surface area contributed by atoms with Crippen molar-refractivity contribution in [3.63, 3.8) is 0 Å². The van der Waals surface area contributed by atoms with Crippen LogP contribution < -0.4 is 0 Å². The van der Waals surface area contributed by atoms with E-state index in [4.69, 9.17) is 4.52 Å². The number of aromatic nitrogens is 2. The number of nitrogens with zero attached hydrogens (tertiary/aromatic N) is 4. The van der Waals surface area contributed by atoms with E-state index in [2.05, 4.69) is 10.1 Å². The molecular weight excluding hydrogens is 332 g/mol. The SMILES string of the molecule is CCc1nc(CN(C)C(=O)[C@H]2CCC(=O)N(CC3CCCCC3)C2)no1. The minimum atomic E-state index is -0.126. The van der Waals surface area contributed by atoms with Crippen molar-refractivity contribution < 1.29 is 14.1 Å². The van der Waals surface area contributed by atoms with Crippen molar-refractivity contribution in [1.29, 1.82) is 0 Å². The molecule has 3 rings (SSSR count). The molecule has 0 radical (unpaired) electrons. The molecule has 1 aromatic heterocycles. The Labute approximate surface area is 155 Å². The summed E-state index contributed by atoms with van der Waals surface area (Å²) in [4.78, 5) is 33.0. The Bertz CT molecular complexity index is 624. The molecule has 2 aliphatic rings. The molecule has 1 atom stereocenters. The molecule has 2 fully saturated rings. The van der Waals surface area contributed by atoms with Crippen LogP contribution in [0.4, 0.5) is 0 Å². The number of amides is 2. The maximum Gasteiger partial charge on any atom is 0.227 e. The molecule has 2 heterocycles. The zero-order valence-corrected chi connectivity index (χ0v) is 15.9. The minimum absolute atomic E-state index is 0.0639. The van der Waals surface area contributed by atoms with Gasteiger partial charge in [0, 0.05) is 33.0 Å². The quantitative estimate of drug-likeness (QED) is 0.776. The van der Waals surface area contributed by atoms with Crippen LogP contribution in [0.25, 0.3) is 0 Å². The molecule has 1 saturated carbocycles. The first kappa shape index (κ1) is 18.9. The summed E-state index contributed by atoms with van der Waals surface area (Å²) in [6, 6.07) is 0. The Morgan fingerprint density at radius 2 is 2.04 bits per heavy atom. The highest BCUT2D eigenvalue weighted by molar-refractivity contribution is 5.83. The van der Waals surface area contributed by atoms with Gasteiger partial charge in [-0.25, -0.2) is 0 Å². The molecule has 1 aliphatic heterocycles. The molecule has 144 valence electrons. The van der Waals surface area contributed by atoms with Crippen LogP contribution in [0.3, 0.4) is 0 Å². The summed E-state index contributed by atoms with van der Waals surface area (Å²) in [6.45, 7) is 3.66. The molecule has 7 heteroatoms. The van der Waals surface area contributed by atoms with E-state index >= 15 is 0 Å². The number of rotatable bonds is 6. The van der Waals surface area contributed by atoms with Crippen LogP contribution in [0.5, 0.6) is 0 Å². The van der Waals surface area contributed by atoms with Crippen LogP contribution in [-0.2, 0) is 22.6 Å². The van der Waals surface area contributed by atoms with Crippen molar-refractivity contribution in [1.82, 2.24) is 19.9 Å². The number of hydrogen-bond acceptors (Lipinski definition) is 5. The highest BCUT2D eigenvalue weighted by atomic mass is 16.5. The fourth-order valence-corrected chi connectivity index (χ4v) is 4.07. The highest BCUT2D eigenvalue weighted by Crippen LogP contribution is 2.27. The van der Waals surface area contributed by atoms with E-state index in [1.165, 1.54) is 32.1 Å². The van der Waals surface area contributed by atoms with Gasteiger partial charge in [0.05, 0.1) is 12.5 Å². The second-order valence-electron chi connectivity index (χ2n) is 7.69. The van der Waals surface area contributed by atoms with E-state index in [0.717, 1.165) is 6.54 Å². The average molecular weight is 362 g/mol. The van der Waals surface area contributed by atoms with Crippen LogP contribution in [0.15, 0.2) is 4.52 Å². The molecule has 0 unspecified atom stereocenters. The normalized spacial score (nSPS) is 21.8. The van der Waals surface area contributed by atoms with Gasteiger partial charge in [-0.1, -0.05) is 31.3 Å². The summed E-state index contributed by atoms with van der Waals surface area (Å²) in [7, 11) is 1.77. The molecule has 26 heavy (non-hydrogen) atoms. The van der Waals surface area contributed by atoms with Crippen molar-refractivity contribution in [2.24, 2.45) is 11.8 Å². The number of likely N-dealkylation sites (tertiary alicyclic amines) is 1. The average Bonchev–Trinajstić information content (AvgIpc) is 3.11. The van der Waals surface area contributed by atoms with Gasteiger partial charge in [-0.2, -0.15) is 4.98 Å². The Hall–Kier alpha value is -1.92. The Morgan fingerprint density at radius 3 is 2.73 bits per heavy atom. The molecule has 1 saturated heterocycles. The van der Waals surface area contributed by atoms with E-state index in [9.17, 15) is 9.59 Å². The van der Waals surface area contributed by atoms with E-state index < -0.39 is 0 Å². The summed E-state index contributed by atoms with van der Waals surface area (Å²) in [5.41, 5.74) is 0. The first-order valence-corrected chi connectivity index (χ1v) is 9.91. The first-order chi connectivity index (χ1) is 12.6. The number of hydrogen-bond donors (Lipinski definition) is 0. The predicted molar refractivity (Wildman–Crippen MR) is 96.0 cm³/mol. The third-order valence-corrected chi connectivity index (χ3v) is 5.62. The Kier molecular flexibility index (Phi) is 6.27. The van der Waals surface area contributed by atoms with Gasteiger partial charge in [0.25, 0.3) is 0 Å². The summed E-state index contributed by atoms with van der Waals surface area (Å²) < 4.78 is 5.10. The molecule has 1 aliphatic carbocycles. The second-order valence-corrected chi connectivity index (χ2v) is 7.69. The fraction of sp³-hybridized carbons (Fsp3) is 0.789. The topological polar surface area (TPSA) is 79.5 Å². The lowest BCUT2D eigenvalue weighted by Crippen LogP contribution is -2.47. The molecular formula is C19H30N4O3. The Morgan fingerprint density at radius 1 is 1.27 bits per heavy atom. The smallest absolute Gasteiger partial charge is 0.227 e. The van der Waals surface area contributed by atoms with Crippen LogP contribution in [0, 0.1) is 11.8 Å². The molecule has 0 bridgehead atoms. The van der Waals surface area contributed by atoms with Gasteiger partial charge in [0.1, 0.15) is 0 Å².